The lowest BCUT2D eigenvalue weighted by atomic mass is 10.1. The lowest BCUT2D eigenvalue weighted by Crippen LogP contribution is -2.28. The second-order valence-corrected chi connectivity index (χ2v) is 6.48. The molecular weight excluding hydrogens is 398 g/mol. The van der Waals surface area contributed by atoms with E-state index < -0.39 is 24.5 Å². The van der Waals surface area contributed by atoms with Crippen molar-refractivity contribution in [3.8, 4) is 11.5 Å². The van der Waals surface area contributed by atoms with Gasteiger partial charge in [0.25, 0.3) is 5.91 Å². The summed E-state index contributed by atoms with van der Waals surface area (Å²) in [6.45, 7) is -0.162. The number of ether oxygens (including phenoxy) is 3. The van der Waals surface area contributed by atoms with Gasteiger partial charge in [0, 0.05) is 6.54 Å². The predicted molar refractivity (Wildman–Crippen MR) is 113 cm³/mol. The van der Waals surface area contributed by atoms with Gasteiger partial charge >= 0.3 is 11.9 Å². The summed E-state index contributed by atoms with van der Waals surface area (Å²) in [6.07, 6.45) is 0. The Morgan fingerprint density at radius 3 is 1.97 bits per heavy atom. The van der Waals surface area contributed by atoms with E-state index in [1.165, 1.54) is 7.11 Å². The van der Waals surface area contributed by atoms with Crippen LogP contribution < -0.4 is 10.1 Å². The van der Waals surface area contributed by atoms with Gasteiger partial charge in [-0.15, -0.1) is 0 Å². The molecule has 7 heteroatoms. The van der Waals surface area contributed by atoms with E-state index in [0.717, 1.165) is 5.56 Å². The van der Waals surface area contributed by atoms with E-state index in [1.807, 2.05) is 30.3 Å². The quantitative estimate of drug-likeness (QED) is 0.560. The first-order valence-corrected chi connectivity index (χ1v) is 9.49. The summed E-state index contributed by atoms with van der Waals surface area (Å²) in [7, 11) is 1.31. The number of nitrogens with one attached hydrogen (secondary N) is 1. The van der Waals surface area contributed by atoms with Gasteiger partial charge in [0.05, 0.1) is 18.2 Å². The molecule has 0 spiro atoms. The molecule has 3 aromatic carbocycles. The van der Waals surface area contributed by atoms with Gasteiger partial charge in [0.2, 0.25) is 0 Å². The summed E-state index contributed by atoms with van der Waals surface area (Å²) < 4.78 is 15.4. The van der Waals surface area contributed by atoms with Crippen LogP contribution in [0.3, 0.4) is 0 Å². The average molecular weight is 419 g/mol. The first-order chi connectivity index (χ1) is 15.0. The molecule has 0 saturated carbocycles. The summed E-state index contributed by atoms with van der Waals surface area (Å²) in [4.78, 5) is 35.5. The van der Waals surface area contributed by atoms with E-state index in [9.17, 15) is 14.4 Å². The SMILES string of the molecule is COC(=O)c1ccc(CNC(=O)COC(=O)c2ccc(Oc3ccccc3)cc2)cc1. The molecule has 0 aliphatic carbocycles. The fraction of sp³-hybridized carbons (Fsp3) is 0.125. The number of hydrogen-bond acceptors (Lipinski definition) is 6. The molecule has 31 heavy (non-hydrogen) atoms. The van der Waals surface area contributed by atoms with Crippen molar-refractivity contribution in [3.05, 3.63) is 95.6 Å². The summed E-state index contributed by atoms with van der Waals surface area (Å²) in [5.74, 6) is -0.200. The van der Waals surface area contributed by atoms with Crippen LogP contribution in [0.4, 0.5) is 0 Å². The second kappa shape index (κ2) is 10.6. The highest BCUT2D eigenvalue weighted by atomic mass is 16.5. The molecule has 0 heterocycles. The number of methoxy groups -OCH3 is 1. The van der Waals surface area contributed by atoms with Crippen molar-refractivity contribution in [1.29, 1.82) is 0 Å². The van der Waals surface area contributed by atoms with Crippen molar-refractivity contribution in [2.24, 2.45) is 0 Å². The van der Waals surface area contributed by atoms with E-state index >= 15 is 0 Å². The number of amides is 1. The van der Waals surface area contributed by atoms with Crippen molar-refractivity contribution in [2.75, 3.05) is 13.7 Å². The topological polar surface area (TPSA) is 90.9 Å². The molecule has 0 bridgehead atoms. The van der Waals surface area contributed by atoms with Gasteiger partial charge < -0.3 is 19.5 Å². The Balaban J connectivity index is 1.43. The Labute approximate surface area is 179 Å². The molecule has 0 radical (unpaired) electrons. The van der Waals surface area contributed by atoms with Crippen LogP contribution in [0.5, 0.6) is 11.5 Å². The maximum absolute atomic E-state index is 12.1. The van der Waals surface area contributed by atoms with Crippen molar-refractivity contribution < 1.29 is 28.6 Å². The Morgan fingerprint density at radius 2 is 1.32 bits per heavy atom. The third kappa shape index (κ3) is 6.43. The number of benzene rings is 3. The molecule has 7 nitrogen and oxygen atoms in total. The van der Waals surface area contributed by atoms with Gasteiger partial charge in [-0.3, -0.25) is 4.79 Å². The monoisotopic (exact) mass is 419 g/mol. The van der Waals surface area contributed by atoms with Crippen molar-refractivity contribution >= 4 is 17.8 Å². The zero-order valence-electron chi connectivity index (χ0n) is 16.9. The molecule has 0 unspecified atom stereocenters. The van der Waals surface area contributed by atoms with Gasteiger partial charge in [-0.05, 0) is 54.1 Å². The second-order valence-electron chi connectivity index (χ2n) is 6.48. The smallest absolute Gasteiger partial charge is 0.338 e. The first kappa shape index (κ1) is 21.6. The van der Waals surface area contributed by atoms with Crippen LogP contribution in [-0.4, -0.2) is 31.6 Å². The maximum atomic E-state index is 12.1. The lowest BCUT2D eigenvalue weighted by Gasteiger charge is -2.08. The molecule has 158 valence electrons. The molecule has 3 aromatic rings. The Bertz CT molecular complexity index is 1030. The number of esters is 2. The van der Waals surface area contributed by atoms with Gasteiger partial charge in [-0.2, -0.15) is 0 Å². The minimum absolute atomic E-state index is 0.239. The molecular formula is C24H21NO6. The van der Waals surface area contributed by atoms with Gasteiger partial charge in [0.15, 0.2) is 6.61 Å². The van der Waals surface area contributed by atoms with Crippen LogP contribution in [0.15, 0.2) is 78.9 Å². The number of carbonyl (C=O) groups is 3. The first-order valence-electron chi connectivity index (χ1n) is 9.49. The number of hydrogen-bond donors (Lipinski definition) is 1. The van der Waals surface area contributed by atoms with E-state index in [1.54, 1.807) is 48.5 Å². The molecule has 1 N–H and O–H groups in total. The van der Waals surface area contributed by atoms with Crippen LogP contribution in [0.1, 0.15) is 26.3 Å². The van der Waals surface area contributed by atoms with Crippen molar-refractivity contribution in [2.45, 2.75) is 6.54 Å². The maximum Gasteiger partial charge on any atom is 0.338 e. The number of carbonyl (C=O) groups excluding carboxylic acids is 3. The van der Waals surface area contributed by atoms with Gasteiger partial charge in [-0.25, -0.2) is 9.59 Å². The average Bonchev–Trinajstić information content (AvgIpc) is 2.82. The molecule has 0 atom stereocenters. The van der Waals surface area contributed by atoms with Crippen LogP contribution >= 0.6 is 0 Å². The van der Waals surface area contributed by atoms with Crippen LogP contribution in [0.2, 0.25) is 0 Å². The third-order valence-corrected chi connectivity index (χ3v) is 4.27. The number of rotatable bonds is 8. The highest BCUT2D eigenvalue weighted by Gasteiger charge is 2.11. The Morgan fingerprint density at radius 1 is 0.742 bits per heavy atom. The molecule has 0 fully saturated rings. The van der Waals surface area contributed by atoms with Crippen molar-refractivity contribution in [1.82, 2.24) is 5.32 Å². The molecule has 3 rings (SSSR count). The molecule has 0 aliphatic heterocycles. The summed E-state index contributed by atoms with van der Waals surface area (Å²) >= 11 is 0. The van der Waals surface area contributed by atoms with Crippen LogP contribution in [0.25, 0.3) is 0 Å². The molecule has 0 saturated heterocycles. The van der Waals surface area contributed by atoms with E-state index in [-0.39, 0.29) is 6.54 Å². The largest absolute Gasteiger partial charge is 0.465 e. The van der Waals surface area contributed by atoms with Crippen LogP contribution in [0, 0.1) is 0 Å². The Kier molecular flexibility index (Phi) is 7.37. The third-order valence-electron chi connectivity index (χ3n) is 4.27. The zero-order chi connectivity index (χ0) is 22.1. The highest BCUT2D eigenvalue weighted by molar-refractivity contribution is 5.91. The lowest BCUT2D eigenvalue weighted by molar-refractivity contribution is -0.124. The molecule has 1 amide bonds. The summed E-state index contributed by atoms with van der Waals surface area (Å²) in [5, 5.41) is 2.65. The van der Waals surface area contributed by atoms with Gasteiger partial charge in [0.1, 0.15) is 11.5 Å². The normalized spacial score (nSPS) is 10.1. The van der Waals surface area contributed by atoms with Gasteiger partial charge in [-0.1, -0.05) is 30.3 Å². The summed E-state index contributed by atoms with van der Waals surface area (Å²) in [6, 6.07) is 22.4. The summed E-state index contributed by atoms with van der Waals surface area (Å²) in [5.41, 5.74) is 1.53. The van der Waals surface area contributed by atoms with E-state index in [2.05, 4.69) is 10.1 Å². The predicted octanol–water partition coefficient (Wildman–Crippen LogP) is 3.74. The van der Waals surface area contributed by atoms with Crippen LogP contribution in [-0.2, 0) is 20.8 Å². The molecule has 0 aliphatic rings. The minimum Gasteiger partial charge on any atom is -0.465 e. The fourth-order valence-electron chi connectivity index (χ4n) is 2.63. The van der Waals surface area contributed by atoms with E-state index in [4.69, 9.17) is 9.47 Å². The Hall–Kier alpha value is -4.13. The number of para-hydroxylation sites is 1. The molecule has 0 aromatic heterocycles. The van der Waals surface area contributed by atoms with E-state index in [0.29, 0.717) is 22.6 Å². The highest BCUT2D eigenvalue weighted by Crippen LogP contribution is 2.21. The minimum atomic E-state index is -0.608. The van der Waals surface area contributed by atoms with Crippen molar-refractivity contribution in [3.63, 3.8) is 0 Å². The zero-order valence-corrected chi connectivity index (χ0v) is 16.9. The fourth-order valence-corrected chi connectivity index (χ4v) is 2.63. The standard InChI is InChI=1S/C24H21NO6/c1-29-23(27)18-9-7-17(8-10-18)15-25-22(26)16-30-24(28)19-11-13-21(14-12-19)31-20-5-3-2-4-6-20/h2-14H,15-16H2,1H3,(H,25,26).